The van der Waals surface area contributed by atoms with Crippen LogP contribution in [0.1, 0.15) is 25.7 Å². The molecule has 3 rings (SSSR count). The van der Waals surface area contributed by atoms with Crippen LogP contribution in [0, 0.1) is 5.92 Å². The van der Waals surface area contributed by atoms with Gasteiger partial charge in [0.1, 0.15) is 0 Å². The molecular weight excluding hydrogens is 216 g/mol. The molecule has 1 unspecified atom stereocenters. The Labute approximate surface area is 103 Å². The lowest BCUT2D eigenvalue weighted by molar-refractivity contribution is 0.00895. The summed E-state index contributed by atoms with van der Waals surface area (Å²) in [6.45, 7) is 4.99. The van der Waals surface area contributed by atoms with Gasteiger partial charge < -0.3 is 15.2 Å². The molecule has 0 amide bonds. The Balaban J connectivity index is 1.63. The molecule has 3 aliphatic rings. The van der Waals surface area contributed by atoms with Gasteiger partial charge in [-0.25, -0.2) is 0 Å². The molecule has 0 aromatic heterocycles. The fraction of sp³-hybridized carbons (Fsp3) is 1.00. The summed E-state index contributed by atoms with van der Waals surface area (Å²) >= 11 is 0. The summed E-state index contributed by atoms with van der Waals surface area (Å²) in [7, 11) is 0. The molecule has 2 saturated carbocycles. The second-order valence-electron chi connectivity index (χ2n) is 5.90. The standard InChI is InChI=1S/C13H24N2O2/c16-10-13(11-1-2-11,14-12-3-4-12)9-15-5-7-17-8-6-15/h11-12,14,16H,1-10H2. The molecule has 1 saturated heterocycles. The number of aliphatic hydroxyl groups excluding tert-OH is 1. The first-order valence-corrected chi connectivity index (χ1v) is 7.01. The highest BCUT2D eigenvalue weighted by atomic mass is 16.5. The maximum atomic E-state index is 9.87. The highest BCUT2D eigenvalue weighted by Crippen LogP contribution is 2.42. The van der Waals surface area contributed by atoms with Crippen molar-refractivity contribution in [1.82, 2.24) is 10.2 Å². The van der Waals surface area contributed by atoms with Gasteiger partial charge in [-0.15, -0.1) is 0 Å². The predicted molar refractivity (Wildman–Crippen MR) is 66.0 cm³/mol. The Morgan fingerprint density at radius 2 is 1.88 bits per heavy atom. The van der Waals surface area contributed by atoms with Crippen molar-refractivity contribution in [2.45, 2.75) is 37.3 Å². The molecule has 1 aliphatic heterocycles. The number of rotatable bonds is 6. The first-order chi connectivity index (χ1) is 8.32. The topological polar surface area (TPSA) is 44.7 Å². The fourth-order valence-corrected chi connectivity index (χ4v) is 2.95. The van der Waals surface area contributed by atoms with E-state index < -0.39 is 0 Å². The second kappa shape index (κ2) is 4.84. The minimum absolute atomic E-state index is 0.0293. The van der Waals surface area contributed by atoms with E-state index in [1.807, 2.05) is 0 Å². The summed E-state index contributed by atoms with van der Waals surface area (Å²) in [6.07, 6.45) is 5.14. The lowest BCUT2D eigenvalue weighted by Crippen LogP contribution is -2.60. The largest absolute Gasteiger partial charge is 0.394 e. The van der Waals surface area contributed by atoms with Gasteiger partial charge in [0.15, 0.2) is 0 Å². The third kappa shape index (κ3) is 2.81. The van der Waals surface area contributed by atoms with Crippen molar-refractivity contribution in [1.29, 1.82) is 0 Å². The van der Waals surface area contributed by atoms with Gasteiger partial charge in [0, 0.05) is 25.7 Å². The zero-order valence-corrected chi connectivity index (χ0v) is 10.5. The smallest absolute Gasteiger partial charge is 0.0628 e. The van der Waals surface area contributed by atoms with Crippen LogP contribution in [0.4, 0.5) is 0 Å². The van der Waals surface area contributed by atoms with E-state index >= 15 is 0 Å². The molecular formula is C13H24N2O2. The van der Waals surface area contributed by atoms with Crippen LogP contribution >= 0.6 is 0 Å². The van der Waals surface area contributed by atoms with E-state index in [2.05, 4.69) is 10.2 Å². The summed E-state index contributed by atoms with van der Waals surface area (Å²) in [5, 5.41) is 13.6. The van der Waals surface area contributed by atoms with Crippen LogP contribution in [0.2, 0.25) is 0 Å². The Morgan fingerprint density at radius 3 is 2.41 bits per heavy atom. The number of hydrogen-bond donors (Lipinski definition) is 2. The van der Waals surface area contributed by atoms with Gasteiger partial charge in [0.25, 0.3) is 0 Å². The molecule has 0 radical (unpaired) electrons. The molecule has 98 valence electrons. The highest BCUT2D eigenvalue weighted by molar-refractivity contribution is 5.06. The average Bonchev–Trinajstić information content (AvgIpc) is 3.22. The van der Waals surface area contributed by atoms with Gasteiger partial charge in [-0.1, -0.05) is 0 Å². The van der Waals surface area contributed by atoms with Crippen LogP contribution < -0.4 is 5.32 Å². The fourth-order valence-electron chi connectivity index (χ4n) is 2.95. The van der Waals surface area contributed by atoms with Crippen molar-refractivity contribution < 1.29 is 9.84 Å². The number of nitrogens with one attached hydrogen (secondary N) is 1. The summed E-state index contributed by atoms with van der Waals surface area (Å²) in [5.74, 6) is 0.691. The summed E-state index contributed by atoms with van der Waals surface area (Å²) in [5.41, 5.74) is -0.0293. The van der Waals surface area contributed by atoms with Crippen LogP contribution in [-0.4, -0.2) is 61.0 Å². The zero-order chi connectivity index (χ0) is 11.7. The maximum absolute atomic E-state index is 9.87. The Bertz CT molecular complexity index is 260. The number of nitrogens with zero attached hydrogens (tertiary/aromatic N) is 1. The van der Waals surface area contributed by atoms with Gasteiger partial charge in [0.2, 0.25) is 0 Å². The van der Waals surface area contributed by atoms with Crippen LogP contribution in [0.5, 0.6) is 0 Å². The van der Waals surface area contributed by atoms with E-state index in [1.165, 1.54) is 25.7 Å². The average molecular weight is 240 g/mol. The molecule has 0 aromatic rings. The molecule has 4 nitrogen and oxygen atoms in total. The van der Waals surface area contributed by atoms with Crippen molar-refractivity contribution in [2.75, 3.05) is 39.5 Å². The van der Waals surface area contributed by atoms with Crippen molar-refractivity contribution in [3.05, 3.63) is 0 Å². The van der Waals surface area contributed by atoms with Gasteiger partial charge in [-0.3, -0.25) is 4.90 Å². The highest BCUT2D eigenvalue weighted by Gasteiger charge is 2.48. The maximum Gasteiger partial charge on any atom is 0.0628 e. The molecule has 1 atom stereocenters. The monoisotopic (exact) mass is 240 g/mol. The third-order valence-electron chi connectivity index (χ3n) is 4.32. The zero-order valence-electron chi connectivity index (χ0n) is 10.5. The van der Waals surface area contributed by atoms with Gasteiger partial charge in [-0.2, -0.15) is 0 Å². The molecule has 2 aliphatic carbocycles. The number of hydrogen-bond acceptors (Lipinski definition) is 4. The van der Waals surface area contributed by atoms with Crippen LogP contribution in [0.25, 0.3) is 0 Å². The van der Waals surface area contributed by atoms with Gasteiger partial charge in [0.05, 0.1) is 25.4 Å². The van der Waals surface area contributed by atoms with E-state index in [1.54, 1.807) is 0 Å². The quantitative estimate of drug-likeness (QED) is 0.697. The molecule has 3 fully saturated rings. The third-order valence-corrected chi connectivity index (χ3v) is 4.32. The van der Waals surface area contributed by atoms with Crippen LogP contribution in [0.3, 0.4) is 0 Å². The van der Waals surface area contributed by atoms with Crippen molar-refractivity contribution in [3.63, 3.8) is 0 Å². The number of morpholine rings is 1. The lowest BCUT2D eigenvalue weighted by Gasteiger charge is -2.40. The lowest BCUT2D eigenvalue weighted by atomic mass is 9.92. The molecule has 0 spiro atoms. The SMILES string of the molecule is OCC(CN1CCOCC1)(NC1CC1)C1CC1. The van der Waals surface area contributed by atoms with E-state index in [4.69, 9.17) is 4.74 Å². The number of aliphatic hydroxyl groups is 1. The summed E-state index contributed by atoms with van der Waals surface area (Å²) < 4.78 is 5.39. The molecule has 0 bridgehead atoms. The number of ether oxygens (including phenoxy) is 1. The molecule has 1 heterocycles. The normalized spacial score (nSPS) is 30.2. The molecule has 17 heavy (non-hydrogen) atoms. The predicted octanol–water partition coefficient (Wildman–Crippen LogP) is 0.212. The van der Waals surface area contributed by atoms with Gasteiger partial charge in [-0.05, 0) is 31.6 Å². The first kappa shape index (κ1) is 11.9. The van der Waals surface area contributed by atoms with E-state index in [9.17, 15) is 5.11 Å². The first-order valence-electron chi connectivity index (χ1n) is 7.01. The van der Waals surface area contributed by atoms with E-state index in [0.717, 1.165) is 32.8 Å². The van der Waals surface area contributed by atoms with Crippen molar-refractivity contribution >= 4 is 0 Å². The van der Waals surface area contributed by atoms with Gasteiger partial charge >= 0.3 is 0 Å². The molecule has 0 aromatic carbocycles. The Morgan fingerprint density at radius 1 is 1.18 bits per heavy atom. The minimum atomic E-state index is -0.0293. The van der Waals surface area contributed by atoms with Crippen molar-refractivity contribution in [2.24, 2.45) is 5.92 Å². The Kier molecular flexibility index (Phi) is 3.39. The van der Waals surface area contributed by atoms with E-state index in [0.29, 0.717) is 12.0 Å². The molecule has 4 heteroatoms. The van der Waals surface area contributed by atoms with Crippen LogP contribution in [-0.2, 0) is 4.74 Å². The van der Waals surface area contributed by atoms with E-state index in [-0.39, 0.29) is 12.1 Å². The Hall–Kier alpha value is -0.160. The van der Waals surface area contributed by atoms with Crippen LogP contribution in [0.15, 0.2) is 0 Å². The van der Waals surface area contributed by atoms with Crippen molar-refractivity contribution in [3.8, 4) is 0 Å². The second-order valence-corrected chi connectivity index (χ2v) is 5.90. The summed E-state index contributed by atoms with van der Waals surface area (Å²) in [6, 6.07) is 0.670. The summed E-state index contributed by atoms with van der Waals surface area (Å²) in [4.78, 5) is 2.45. The molecule has 2 N–H and O–H groups in total. The minimum Gasteiger partial charge on any atom is -0.394 e.